The average Bonchev–Trinajstić information content (AvgIpc) is 2.36. The van der Waals surface area contributed by atoms with Gasteiger partial charge in [0.05, 0.1) is 6.42 Å². The molecule has 0 fully saturated rings. The molecule has 5 nitrogen and oxygen atoms in total. The van der Waals surface area contributed by atoms with Crippen molar-refractivity contribution in [1.29, 1.82) is 0 Å². The van der Waals surface area contributed by atoms with E-state index in [9.17, 15) is 9.59 Å². The second-order valence-corrected chi connectivity index (χ2v) is 3.82. The van der Waals surface area contributed by atoms with E-state index >= 15 is 0 Å². The van der Waals surface area contributed by atoms with Gasteiger partial charge in [-0.15, -0.1) is 0 Å². The molecule has 0 aliphatic carbocycles. The Morgan fingerprint density at radius 2 is 2.00 bits per heavy atom. The number of nitrogens with two attached hydrogens (primary N) is 1. The second-order valence-electron chi connectivity index (χ2n) is 3.82. The monoisotopic (exact) mass is 250 g/mol. The highest BCUT2D eigenvalue weighted by Crippen LogP contribution is 2.01. The van der Waals surface area contributed by atoms with E-state index < -0.39 is 12.0 Å². The number of hydrogen-bond donors (Lipinski definition) is 2. The van der Waals surface area contributed by atoms with Crippen molar-refractivity contribution in [2.75, 3.05) is 6.61 Å². The van der Waals surface area contributed by atoms with Crippen molar-refractivity contribution in [3.05, 3.63) is 35.9 Å². The van der Waals surface area contributed by atoms with Crippen LogP contribution < -0.4 is 11.1 Å². The Hall–Kier alpha value is -1.88. The van der Waals surface area contributed by atoms with Gasteiger partial charge in [-0.05, 0) is 12.5 Å². The molecular weight excluding hydrogens is 232 g/mol. The van der Waals surface area contributed by atoms with Gasteiger partial charge in [0.1, 0.15) is 6.10 Å². The number of carbonyl (C=O) groups is 2. The Bertz CT molecular complexity index is 392. The molecule has 0 aromatic heterocycles. The molecule has 98 valence electrons. The molecule has 0 aliphatic heterocycles. The fraction of sp³-hybridized carbons (Fsp3) is 0.385. The van der Waals surface area contributed by atoms with Gasteiger partial charge < -0.3 is 15.8 Å². The Kier molecular flexibility index (Phi) is 5.87. The number of ether oxygens (including phenoxy) is 1. The fourth-order valence-corrected chi connectivity index (χ4v) is 1.51. The molecule has 0 saturated carbocycles. The second kappa shape index (κ2) is 7.45. The zero-order valence-corrected chi connectivity index (χ0v) is 10.4. The van der Waals surface area contributed by atoms with Crippen LogP contribution in [0.2, 0.25) is 0 Å². The molecule has 0 bridgehead atoms. The van der Waals surface area contributed by atoms with Gasteiger partial charge in [0.15, 0.2) is 0 Å². The summed E-state index contributed by atoms with van der Waals surface area (Å²) in [6.07, 6.45) is -0.912. The Morgan fingerprint density at radius 1 is 1.33 bits per heavy atom. The van der Waals surface area contributed by atoms with Crippen LogP contribution in [-0.4, -0.2) is 24.5 Å². The van der Waals surface area contributed by atoms with Gasteiger partial charge in [-0.2, -0.15) is 0 Å². The quantitative estimate of drug-likeness (QED) is 0.743. The molecule has 5 heteroatoms. The maximum Gasteiger partial charge on any atom is 0.249 e. The van der Waals surface area contributed by atoms with Crippen LogP contribution in [0.5, 0.6) is 0 Å². The number of benzene rings is 1. The summed E-state index contributed by atoms with van der Waals surface area (Å²) in [4.78, 5) is 22.6. The lowest BCUT2D eigenvalue weighted by Crippen LogP contribution is -2.38. The van der Waals surface area contributed by atoms with Crippen molar-refractivity contribution in [3.8, 4) is 0 Å². The molecule has 0 spiro atoms. The summed E-state index contributed by atoms with van der Waals surface area (Å²) in [7, 11) is 0. The Morgan fingerprint density at radius 3 is 2.56 bits per heavy atom. The fourth-order valence-electron chi connectivity index (χ4n) is 1.51. The van der Waals surface area contributed by atoms with Gasteiger partial charge in [0.2, 0.25) is 11.8 Å². The first kappa shape index (κ1) is 14.2. The molecule has 0 aliphatic rings. The zero-order valence-electron chi connectivity index (χ0n) is 10.4. The number of hydrogen-bond acceptors (Lipinski definition) is 3. The summed E-state index contributed by atoms with van der Waals surface area (Å²) >= 11 is 0. The van der Waals surface area contributed by atoms with E-state index in [4.69, 9.17) is 10.5 Å². The molecule has 1 aromatic carbocycles. The van der Waals surface area contributed by atoms with Crippen LogP contribution in [-0.2, 0) is 20.9 Å². The summed E-state index contributed by atoms with van der Waals surface area (Å²) in [5.41, 5.74) is 6.06. The lowest BCUT2D eigenvalue weighted by Gasteiger charge is -2.15. The van der Waals surface area contributed by atoms with Gasteiger partial charge in [0.25, 0.3) is 0 Å². The van der Waals surface area contributed by atoms with Crippen LogP contribution in [0.4, 0.5) is 0 Å². The van der Waals surface area contributed by atoms with Gasteiger partial charge >= 0.3 is 0 Å². The van der Waals surface area contributed by atoms with Gasteiger partial charge in [-0.3, -0.25) is 9.59 Å². The molecule has 0 saturated heterocycles. The largest absolute Gasteiger partial charge is 0.370 e. The van der Waals surface area contributed by atoms with Crippen molar-refractivity contribution in [2.24, 2.45) is 5.73 Å². The first-order chi connectivity index (χ1) is 8.63. The van der Waals surface area contributed by atoms with E-state index in [0.717, 1.165) is 5.56 Å². The minimum atomic E-state index is -0.809. The molecule has 1 aromatic rings. The van der Waals surface area contributed by atoms with Crippen LogP contribution in [0.25, 0.3) is 0 Å². The van der Waals surface area contributed by atoms with Gasteiger partial charge in [-0.25, -0.2) is 0 Å². The van der Waals surface area contributed by atoms with E-state index in [1.165, 1.54) is 0 Å². The minimum absolute atomic E-state index is 0.103. The summed E-state index contributed by atoms with van der Waals surface area (Å²) < 4.78 is 5.19. The number of primary amides is 1. The smallest absolute Gasteiger partial charge is 0.249 e. The number of rotatable bonds is 7. The summed E-state index contributed by atoms with van der Waals surface area (Å²) in [5.74, 6) is -0.872. The van der Waals surface area contributed by atoms with Gasteiger partial charge in [-0.1, -0.05) is 30.3 Å². The normalized spacial score (nSPS) is 11.8. The molecule has 1 unspecified atom stereocenters. The van der Waals surface area contributed by atoms with Crippen LogP contribution in [0, 0.1) is 0 Å². The maximum absolute atomic E-state index is 11.8. The third-order valence-electron chi connectivity index (χ3n) is 2.36. The maximum atomic E-state index is 11.8. The van der Waals surface area contributed by atoms with Crippen molar-refractivity contribution in [1.82, 2.24) is 5.32 Å². The topological polar surface area (TPSA) is 81.4 Å². The first-order valence-corrected chi connectivity index (χ1v) is 5.85. The first-order valence-electron chi connectivity index (χ1n) is 5.85. The molecule has 18 heavy (non-hydrogen) atoms. The molecule has 1 atom stereocenters. The number of nitrogens with one attached hydrogen (secondary N) is 1. The predicted molar refractivity (Wildman–Crippen MR) is 67.5 cm³/mol. The van der Waals surface area contributed by atoms with Crippen LogP contribution in [0.15, 0.2) is 30.3 Å². The standard InChI is InChI=1S/C13H18N2O3/c1-2-18-11(8-12(14)16)13(17)15-9-10-6-4-3-5-7-10/h3-7,11H,2,8-9H2,1H3,(H2,14,16)(H,15,17). The van der Waals surface area contributed by atoms with Crippen molar-refractivity contribution in [3.63, 3.8) is 0 Å². The van der Waals surface area contributed by atoms with Crippen LogP contribution >= 0.6 is 0 Å². The lowest BCUT2D eigenvalue weighted by atomic mass is 10.2. The highest BCUT2D eigenvalue weighted by Gasteiger charge is 2.20. The third-order valence-corrected chi connectivity index (χ3v) is 2.36. The molecule has 3 N–H and O–H groups in total. The van der Waals surface area contributed by atoms with Crippen molar-refractivity contribution in [2.45, 2.75) is 26.0 Å². The number of carbonyl (C=O) groups excluding carboxylic acids is 2. The SMILES string of the molecule is CCOC(CC(N)=O)C(=O)NCc1ccccc1. The van der Waals surface area contributed by atoms with Crippen LogP contribution in [0.1, 0.15) is 18.9 Å². The van der Waals surface area contributed by atoms with E-state index in [1.54, 1.807) is 6.92 Å². The van der Waals surface area contributed by atoms with E-state index in [2.05, 4.69) is 5.32 Å². The van der Waals surface area contributed by atoms with E-state index in [-0.39, 0.29) is 12.3 Å². The highest BCUT2D eigenvalue weighted by atomic mass is 16.5. The summed E-state index contributed by atoms with van der Waals surface area (Å²) in [6, 6.07) is 9.51. The third kappa shape index (κ3) is 4.97. The van der Waals surface area contributed by atoms with E-state index in [0.29, 0.717) is 13.2 Å². The summed E-state index contributed by atoms with van der Waals surface area (Å²) in [6.45, 7) is 2.52. The minimum Gasteiger partial charge on any atom is -0.370 e. The van der Waals surface area contributed by atoms with Gasteiger partial charge in [0, 0.05) is 13.2 Å². The van der Waals surface area contributed by atoms with E-state index in [1.807, 2.05) is 30.3 Å². The lowest BCUT2D eigenvalue weighted by molar-refractivity contribution is -0.137. The zero-order chi connectivity index (χ0) is 13.4. The number of amides is 2. The molecular formula is C13H18N2O3. The molecule has 2 amide bonds. The summed E-state index contributed by atoms with van der Waals surface area (Å²) in [5, 5.41) is 2.72. The highest BCUT2D eigenvalue weighted by molar-refractivity contribution is 5.86. The van der Waals surface area contributed by atoms with Crippen molar-refractivity contribution >= 4 is 11.8 Å². The molecule has 1 rings (SSSR count). The predicted octanol–water partition coefficient (Wildman–Crippen LogP) is 0.583. The Labute approximate surface area is 106 Å². The van der Waals surface area contributed by atoms with Crippen molar-refractivity contribution < 1.29 is 14.3 Å². The molecule has 0 radical (unpaired) electrons. The molecule has 0 heterocycles. The average molecular weight is 250 g/mol. The Balaban J connectivity index is 2.48. The van der Waals surface area contributed by atoms with Crippen LogP contribution in [0.3, 0.4) is 0 Å².